The lowest BCUT2D eigenvalue weighted by Gasteiger charge is -2.20. The number of rotatable bonds is 5. The van der Waals surface area contributed by atoms with Gasteiger partial charge in [-0.3, -0.25) is 9.59 Å². The van der Waals surface area contributed by atoms with E-state index in [0.717, 1.165) is 19.3 Å². The van der Waals surface area contributed by atoms with Gasteiger partial charge in [-0.15, -0.1) is 12.4 Å². The average molecular weight is 290 g/mol. The molecule has 1 saturated heterocycles. The van der Waals surface area contributed by atoms with Gasteiger partial charge < -0.3 is 16.0 Å². The number of halogens is 1. The molecule has 3 N–H and O–H groups in total. The Labute approximate surface area is 120 Å². The van der Waals surface area contributed by atoms with Crippen LogP contribution in [0.3, 0.4) is 0 Å². The van der Waals surface area contributed by atoms with Gasteiger partial charge in [0.05, 0.1) is 6.54 Å². The van der Waals surface area contributed by atoms with Crippen molar-refractivity contribution in [3.05, 3.63) is 0 Å². The third-order valence-electron chi connectivity index (χ3n) is 3.77. The predicted octanol–water partition coefficient (Wildman–Crippen LogP) is 0.664. The maximum atomic E-state index is 11.8. The van der Waals surface area contributed by atoms with Crippen molar-refractivity contribution in [1.29, 1.82) is 0 Å². The van der Waals surface area contributed by atoms with Crippen LogP contribution in [0, 0.1) is 5.92 Å². The standard InChI is InChI=1S/C13H23N3O2.ClH/c14-11(10-5-6-10)8-15-12(17)9-16-7-3-1-2-4-13(16)18;/h10-11H,1-9,14H2,(H,15,17);1H. The molecule has 110 valence electrons. The summed E-state index contributed by atoms with van der Waals surface area (Å²) in [5, 5.41) is 2.83. The van der Waals surface area contributed by atoms with E-state index < -0.39 is 0 Å². The Bertz CT molecular complexity index is 321. The molecule has 2 fully saturated rings. The van der Waals surface area contributed by atoms with Crippen molar-refractivity contribution in [2.24, 2.45) is 11.7 Å². The molecular formula is C13H24ClN3O2. The number of likely N-dealkylation sites (tertiary alicyclic amines) is 1. The number of hydrogen-bond acceptors (Lipinski definition) is 3. The van der Waals surface area contributed by atoms with E-state index in [1.165, 1.54) is 12.8 Å². The lowest BCUT2D eigenvalue weighted by atomic mass is 10.2. The number of carbonyl (C=O) groups excluding carboxylic acids is 2. The number of nitrogens with zero attached hydrogens (tertiary/aromatic N) is 1. The van der Waals surface area contributed by atoms with Gasteiger partial charge in [-0.05, 0) is 31.6 Å². The molecule has 0 aromatic rings. The molecule has 1 heterocycles. The summed E-state index contributed by atoms with van der Waals surface area (Å²) in [5.41, 5.74) is 5.92. The Morgan fingerprint density at radius 3 is 2.79 bits per heavy atom. The summed E-state index contributed by atoms with van der Waals surface area (Å²) in [5.74, 6) is 0.612. The Hall–Kier alpha value is -0.810. The van der Waals surface area contributed by atoms with Gasteiger partial charge in [0, 0.05) is 25.6 Å². The van der Waals surface area contributed by atoms with Gasteiger partial charge in [0.2, 0.25) is 11.8 Å². The summed E-state index contributed by atoms with van der Waals surface area (Å²) in [6.45, 7) is 1.43. The second kappa shape index (κ2) is 7.70. The fraction of sp³-hybridized carbons (Fsp3) is 0.846. The first-order chi connectivity index (χ1) is 8.66. The highest BCUT2D eigenvalue weighted by Gasteiger charge is 2.28. The van der Waals surface area contributed by atoms with Crippen LogP contribution in [0.25, 0.3) is 0 Å². The molecule has 19 heavy (non-hydrogen) atoms. The second-order valence-electron chi connectivity index (χ2n) is 5.43. The maximum Gasteiger partial charge on any atom is 0.239 e. The average Bonchev–Trinajstić information content (AvgIpc) is 3.17. The molecule has 1 saturated carbocycles. The zero-order chi connectivity index (χ0) is 13.0. The monoisotopic (exact) mass is 289 g/mol. The van der Waals surface area contributed by atoms with E-state index in [1.54, 1.807) is 4.90 Å². The highest BCUT2D eigenvalue weighted by Crippen LogP contribution is 2.31. The molecule has 2 aliphatic rings. The summed E-state index contributed by atoms with van der Waals surface area (Å²) in [6.07, 6.45) is 5.97. The molecule has 1 aliphatic heterocycles. The zero-order valence-corrected chi connectivity index (χ0v) is 12.1. The number of nitrogens with one attached hydrogen (secondary N) is 1. The third-order valence-corrected chi connectivity index (χ3v) is 3.77. The van der Waals surface area contributed by atoms with Gasteiger partial charge >= 0.3 is 0 Å². The zero-order valence-electron chi connectivity index (χ0n) is 11.3. The molecule has 2 amide bonds. The topological polar surface area (TPSA) is 75.4 Å². The van der Waals surface area contributed by atoms with Crippen LogP contribution >= 0.6 is 12.4 Å². The summed E-state index contributed by atoms with van der Waals surface area (Å²) >= 11 is 0. The van der Waals surface area contributed by atoms with Gasteiger partial charge in [0.1, 0.15) is 0 Å². The molecule has 2 rings (SSSR count). The lowest BCUT2D eigenvalue weighted by molar-refractivity contribution is -0.135. The van der Waals surface area contributed by atoms with E-state index in [9.17, 15) is 9.59 Å². The first-order valence-electron chi connectivity index (χ1n) is 6.97. The van der Waals surface area contributed by atoms with Crippen molar-refractivity contribution in [2.75, 3.05) is 19.6 Å². The van der Waals surface area contributed by atoms with Crippen LogP contribution in [0.5, 0.6) is 0 Å². The van der Waals surface area contributed by atoms with Crippen LogP contribution in [-0.2, 0) is 9.59 Å². The van der Waals surface area contributed by atoms with Crippen molar-refractivity contribution in [1.82, 2.24) is 10.2 Å². The minimum atomic E-state index is -0.0821. The second-order valence-corrected chi connectivity index (χ2v) is 5.43. The number of hydrogen-bond donors (Lipinski definition) is 2. The van der Waals surface area contributed by atoms with E-state index in [-0.39, 0.29) is 36.8 Å². The fourth-order valence-electron chi connectivity index (χ4n) is 2.36. The minimum absolute atomic E-state index is 0. The molecule has 0 aromatic heterocycles. The van der Waals surface area contributed by atoms with Crippen molar-refractivity contribution < 1.29 is 9.59 Å². The van der Waals surface area contributed by atoms with Crippen molar-refractivity contribution in [3.8, 4) is 0 Å². The van der Waals surface area contributed by atoms with Gasteiger partial charge in [0.15, 0.2) is 0 Å². The van der Waals surface area contributed by atoms with Crippen LogP contribution in [-0.4, -0.2) is 42.4 Å². The van der Waals surface area contributed by atoms with E-state index >= 15 is 0 Å². The summed E-state index contributed by atoms with van der Waals surface area (Å²) in [7, 11) is 0. The molecule has 0 aromatic carbocycles. The molecular weight excluding hydrogens is 266 g/mol. The van der Waals surface area contributed by atoms with Crippen LogP contribution in [0.15, 0.2) is 0 Å². The van der Waals surface area contributed by atoms with E-state index in [0.29, 0.717) is 25.4 Å². The third kappa shape index (κ3) is 5.37. The van der Waals surface area contributed by atoms with Gasteiger partial charge in [-0.1, -0.05) is 6.42 Å². The molecule has 0 spiro atoms. The smallest absolute Gasteiger partial charge is 0.239 e. The van der Waals surface area contributed by atoms with Crippen LogP contribution in [0.2, 0.25) is 0 Å². The number of carbonyl (C=O) groups is 2. The number of amides is 2. The first-order valence-corrected chi connectivity index (χ1v) is 6.97. The van der Waals surface area contributed by atoms with Crippen molar-refractivity contribution in [3.63, 3.8) is 0 Å². The van der Waals surface area contributed by atoms with E-state index in [2.05, 4.69) is 5.32 Å². The Balaban J connectivity index is 0.00000180. The summed E-state index contributed by atoms with van der Waals surface area (Å²) in [4.78, 5) is 25.2. The first kappa shape index (κ1) is 16.2. The van der Waals surface area contributed by atoms with Crippen LogP contribution < -0.4 is 11.1 Å². The number of nitrogens with two attached hydrogens (primary N) is 1. The summed E-state index contributed by atoms with van der Waals surface area (Å²) < 4.78 is 0. The Kier molecular flexibility index (Phi) is 6.58. The molecule has 0 bridgehead atoms. The molecule has 1 aliphatic carbocycles. The molecule has 1 unspecified atom stereocenters. The molecule has 5 nitrogen and oxygen atoms in total. The summed E-state index contributed by atoms with van der Waals surface area (Å²) in [6, 6.07) is 0.0776. The SMILES string of the molecule is Cl.NC(CNC(=O)CN1CCCCCC1=O)C1CC1. The quantitative estimate of drug-likeness (QED) is 0.781. The van der Waals surface area contributed by atoms with Gasteiger partial charge in [-0.25, -0.2) is 0 Å². The van der Waals surface area contributed by atoms with E-state index in [1.807, 2.05) is 0 Å². The highest BCUT2D eigenvalue weighted by atomic mass is 35.5. The minimum Gasteiger partial charge on any atom is -0.353 e. The Morgan fingerprint density at radius 2 is 2.11 bits per heavy atom. The lowest BCUT2D eigenvalue weighted by Crippen LogP contribution is -2.44. The predicted molar refractivity (Wildman–Crippen MR) is 76.0 cm³/mol. The van der Waals surface area contributed by atoms with Crippen molar-refractivity contribution >= 4 is 24.2 Å². The van der Waals surface area contributed by atoms with Crippen LogP contribution in [0.4, 0.5) is 0 Å². The molecule has 0 radical (unpaired) electrons. The van der Waals surface area contributed by atoms with Crippen molar-refractivity contribution in [2.45, 2.75) is 44.6 Å². The van der Waals surface area contributed by atoms with Gasteiger partial charge in [0.25, 0.3) is 0 Å². The molecule has 6 heteroatoms. The Morgan fingerprint density at radius 1 is 1.37 bits per heavy atom. The molecule has 1 atom stereocenters. The van der Waals surface area contributed by atoms with Crippen LogP contribution in [0.1, 0.15) is 38.5 Å². The fourth-order valence-corrected chi connectivity index (χ4v) is 2.36. The van der Waals surface area contributed by atoms with Gasteiger partial charge in [-0.2, -0.15) is 0 Å². The highest BCUT2D eigenvalue weighted by molar-refractivity contribution is 5.85. The normalized spacial score (nSPS) is 21.3. The largest absolute Gasteiger partial charge is 0.353 e. The maximum absolute atomic E-state index is 11.8. The van der Waals surface area contributed by atoms with E-state index in [4.69, 9.17) is 5.73 Å².